The summed E-state index contributed by atoms with van der Waals surface area (Å²) in [4.78, 5) is 14.8. The standard InChI is InChI=1S/C11H10N2O2/c1-13-6-5-8(7-13)9-3-2-4-10(12-9)11(14)15/h2-7H,1H3,(H,14,15). The average Bonchev–Trinajstić information content (AvgIpc) is 2.65. The first-order chi connectivity index (χ1) is 7.16. The summed E-state index contributed by atoms with van der Waals surface area (Å²) in [7, 11) is 1.91. The van der Waals surface area contributed by atoms with Gasteiger partial charge in [0.15, 0.2) is 0 Å². The molecule has 0 fully saturated rings. The predicted octanol–water partition coefficient (Wildman–Crippen LogP) is 1.79. The van der Waals surface area contributed by atoms with Crippen LogP contribution in [-0.2, 0) is 7.05 Å². The number of carbonyl (C=O) groups is 1. The van der Waals surface area contributed by atoms with E-state index in [-0.39, 0.29) is 5.69 Å². The highest BCUT2D eigenvalue weighted by molar-refractivity contribution is 5.86. The van der Waals surface area contributed by atoms with Gasteiger partial charge in [0.25, 0.3) is 0 Å². The first-order valence-electron chi connectivity index (χ1n) is 4.49. The van der Waals surface area contributed by atoms with E-state index in [1.54, 1.807) is 12.1 Å². The Balaban J connectivity index is 2.45. The summed E-state index contributed by atoms with van der Waals surface area (Å²) in [6.45, 7) is 0. The van der Waals surface area contributed by atoms with Crippen LogP contribution in [0.25, 0.3) is 11.3 Å². The van der Waals surface area contributed by atoms with Crippen LogP contribution in [0.3, 0.4) is 0 Å². The van der Waals surface area contributed by atoms with Crippen LogP contribution in [0.2, 0.25) is 0 Å². The maximum atomic E-state index is 10.7. The quantitative estimate of drug-likeness (QED) is 0.807. The van der Waals surface area contributed by atoms with Crippen molar-refractivity contribution in [1.82, 2.24) is 9.55 Å². The van der Waals surface area contributed by atoms with E-state index >= 15 is 0 Å². The molecule has 0 aliphatic rings. The second kappa shape index (κ2) is 3.57. The van der Waals surface area contributed by atoms with Crippen LogP contribution in [-0.4, -0.2) is 20.6 Å². The molecule has 0 saturated carbocycles. The molecule has 2 rings (SSSR count). The van der Waals surface area contributed by atoms with Gasteiger partial charge >= 0.3 is 5.97 Å². The fourth-order valence-electron chi connectivity index (χ4n) is 1.37. The lowest BCUT2D eigenvalue weighted by Gasteiger charge is -1.98. The summed E-state index contributed by atoms with van der Waals surface area (Å²) in [5.74, 6) is -1.01. The maximum Gasteiger partial charge on any atom is 0.354 e. The maximum absolute atomic E-state index is 10.7. The number of nitrogens with zero attached hydrogens (tertiary/aromatic N) is 2. The minimum absolute atomic E-state index is 0.0661. The third-order valence-corrected chi connectivity index (χ3v) is 2.10. The third-order valence-electron chi connectivity index (χ3n) is 2.10. The molecule has 2 aromatic heterocycles. The first kappa shape index (κ1) is 9.45. The molecule has 2 heterocycles. The van der Waals surface area contributed by atoms with Crippen molar-refractivity contribution in [1.29, 1.82) is 0 Å². The van der Waals surface area contributed by atoms with Gasteiger partial charge in [-0.25, -0.2) is 9.78 Å². The van der Waals surface area contributed by atoms with Crippen molar-refractivity contribution >= 4 is 5.97 Å². The topological polar surface area (TPSA) is 55.1 Å². The van der Waals surface area contributed by atoms with Gasteiger partial charge in [-0.05, 0) is 18.2 Å². The van der Waals surface area contributed by atoms with Crippen LogP contribution < -0.4 is 0 Å². The summed E-state index contributed by atoms with van der Waals surface area (Å²) in [5.41, 5.74) is 1.66. The van der Waals surface area contributed by atoms with Crippen LogP contribution in [0.5, 0.6) is 0 Å². The highest BCUT2D eigenvalue weighted by Crippen LogP contribution is 2.16. The van der Waals surface area contributed by atoms with E-state index in [2.05, 4.69) is 4.98 Å². The van der Waals surface area contributed by atoms with E-state index in [0.717, 1.165) is 5.56 Å². The van der Waals surface area contributed by atoms with Crippen LogP contribution in [0.15, 0.2) is 36.7 Å². The Morgan fingerprint density at radius 2 is 2.20 bits per heavy atom. The molecule has 4 nitrogen and oxygen atoms in total. The molecular formula is C11H10N2O2. The molecule has 0 atom stereocenters. The molecule has 2 aromatic rings. The molecule has 0 aliphatic heterocycles. The highest BCUT2D eigenvalue weighted by atomic mass is 16.4. The summed E-state index contributed by atoms with van der Waals surface area (Å²) >= 11 is 0. The van der Waals surface area contributed by atoms with Crippen molar-refractivity contribution in [2.24, 2.45) is 7.05 Å². The van der Waals surface area contributed by atoms with Crippen LogP contribution in [0, 0.1) is 0 Å². The molecule has 0 spiro atoms. The molecule has 76 valence electrons. The zero-order valence-electron chi connectivity index (χ0n) is 8.21. The Hall–Kier alpha value is -2.10. The summed E-state index contributed by atoms with van der Waals surface area (Å²) < 4.78 is 1.89. The van der Waals surface area contributed by atoms with E-state index in [1.165, 1.54) is 6.07 Å². The molecule has 0 aromatic carbocycles. The van der Waals surface area contributed by atoms with Crippen LogP contribution >= 0.6 is 0 Å². The third kappa shape index (κ3) is 1.88. The SMILES string of the molecule is Cn1ccc(-c2cccc(C(=O)O)n2)c1. The Kier molecular flexibility index (Phi) is 2.25. The zero-order chi connectivity index (χ0) is 10.8. The van der Waals surface area contributed by atoms with Gasteiger partial charge in [0, 0.05) is 25.0 Å². The van der Waals surface area contributed by atoms with Crippen LogP contribution in [0.4, 0.5) is 0 Å². The number of carboxylic acid groups (broad SMARTS) is 1. The Morgan fingerprint density at radius 1 is 1.40 bits per heavy atom. The summed E-state index contributed by atoms with van der Waals surface area (Å²) in [6, 6.07) is 6.86. The van der Waals surface area contributed by atoms with Gasteiger partial charge in [-0.2, -0.15) is 0 Å². The lowest BCUT2D eigenvalue weighted by Crippen LogP contribution is -2.00. The molecule has 0 bridgehead atoms. The second-order valence-electron chi connectivity index (χ2n) is 3.28. The zero-order valence-corrected chi connectivity index (χ0v) is 8.21. The number of pyridine rings is 1. The molecule has 0 aliphatic carbocycles. The van der Waals surface area contributed by atoms with Gasteiger partial charge in [-0.15, -0.1) is 0 Å². The van der Waals surface area contributed by atoms with E-state index in [1.807, 2.05) is 30.1 Å². The number of aromatic nitrogens is 2. The van der Waals surface area contributed by atoms with E-state index in [0.29, 0.717) is 5.69 Å². The van der Waals surface area contributed by atoms with Gasteiger partial charge in [0.05, 0.1) is 5.69 Å². The van der Waals surface area contributed by atoms with E-state index < -0.39 is 5.97 Å². The molecule has 0 radical (unpaired) electrons. The molecule has 0 unspecified atom stereocenters. The Labute approximate surface area is 86.8 Å². The Bertz CT molecular complexity index is 503. The summed E-state index contributed by atoms with van der Waals surface area (Å²) in [5, 5.41) is 8.79. The number of carboxylic acids is 1. The van der Waals surface area contributed by atoms with Crippen molar-refractivity contribution in [3.8, 4) is 11.3 Å². The lowest BCUT2D eigenvalue weighted by atomic mass is 10.2. The Morgan fingerprint density at radius 3 is 2.80 bits per heavy atom. The van der Waals surface area contributed by atoms with E-state index in [4.69, 9.17) is 5.11 Å². The lowest BCUT2D eigenvalue weighted by molar-refractivity contribution is 0.0690. The van der Waals surface area contributed by atoms with Gasteiger partial charge in [-0.1, -0.05) is 6.07 Å². The first-order valence-corrected chi connectivity index (χ1v) is 4.49. The smallest absolute Gasteiger partial charge is 0.354 e. The highest BCUT2D eigenvalue weighted by Gasteiger charge is 2.06. The monoisotopic (exact) mass is 202 g/mol. The molecule has 15 heavy (non-hydrogen) atoms. The molecule has 0 amide bonds. The number of rotatable bonds is 2. The fraction of sp³-hybridized carbons (Fsp3) is 0.0909. The fourth-order valence-corrected chi connectivity index (χ4v) is 1.37. The number of aromatic carboxylic acids is 1. The predicted molar refractivity (Wildman–Crippen MR) is 55.6 cm³/mol. The largest absolute Gasteiger partial charge is 0.477 e. The normalized spacial score (nSPS) is 10.2. The van der Waals surface area contributed by atoms with Crippen LogP contribution in [0.1, 0.15) is 10.5 Å². The van der Waals surface area contributed by atoms with Gasteiger partial charge in [-0.3, -0.25) is 0 Å². The van der Waals surface area contributed by atoms with Crippen molar-refractivity contribution < 1.29 is 9.90 Å². The minimum atomic E-state index is -1.01. The van der Waals surface area contributed by atoms with Gasteiger partial charge < -0.3 is 9.67 Å². The van der Waals surface area contributed by atoms with Crippen molar-refractivity contribution in [3.63, 3.8) is 0 Å². The van der Waals surface area contributed by atoms with Crippen molar-refractivity contribution in [3.05, 3.63) is 42.4 Å². The van der Waals surface area contributed by atoms with E-state index in [9.17, 15) is 4.79 Å². The molecule has 1 N–H and O–H groups in total. The second-order valence-corrected chi connectivity index (χ2v) is 3.28. The minimum Gasteiger partial charge on any atom is -0.477 e. The number of aryl methyl sites for hydroxylation is 1. The average molecular weight is 202 g/mol. The molecule has 0 saturated heterocycles. The van der Waals surface area contributed by atoms with Crippen molar-refractivity contribution in [2.45, 2.75) is 0 Å². The van der Waals surface area contributed by atoms with Crippen molar-refractivity contribution in [2.75, 3.05) is 0 Å². The molecule has 4 heteroatoms. The van der Waals surface area contributed by atoms with Gasteiger partial charge in [0.2, 0.25) is 0 Å². The van der Waals surface area contributed by atoms with Gasteiger partial charge in [0.1, 0.15) is 5.69 Å². The number of hydrogen-bond donors (Lipinski definition) is 1. The summed E-state index contributed by atoms with van der Waals surface area (Å²) in [6.07, 6.45) is 3.79. The molecular weight excluding hydrogens is 192 g/mol. The number of hydrogen-bond acceptors (Lipinski definition) is 2.